The van der Waals surface area contributed by atoms with Gasteiger partial charge in [-0.15, -0.1) is 11.3 Å². The van der Waals surface area contributed by atoms with E-state index in [0.29, 0.717) is 0 Å². The number of benzene rings is 1. The Labute approximate surface area is 141 Å². The third-order valence-electron chi connectivity index (χ3n) is 4.22. The Morgan fingerprint density at radius 2 is 2.04 bits per heavy atom. The van der Waals surface area contributed by atoms with Gasteiger partial charge in [-0.05, 0) is 44.2 Å². The number of carbonyl (C=O) groups excluding carboxylic acids is 1. The van der Waals surface area contributed by atoms with Crippen LogP contribution in [0.5, 0.6) is 0 Å². The zero-order valence-electron chi connectivity index (χ0n) is 13.3. The van der Waals surface area contributed by atoms with Crippen molar-refractivity contribution in [2.75, 3.05) is 6.54 Å². The molecule has 3 rings (SSSR count). The molecular formula is C18H23N3OS. The Balaban J connectivity index is 1.50. The van der Waals surface area contributed by atoms with Crippen molar-refractivity contribution in [3.8, 4) is 0 Å². The lowest BCUT2D eigenvalue weighted by Crippen LogP contribution is -2.34. The van der Waals surface area contributed by atoms with Crippen molar-refractivity contribution in [3.63, 3.8) is 0 Å². The second-order valence-corrected chi connectivity index (χ2v) is 7.16. The van der Waals surface area contributed by atoms with Gasteiger partial charge in [-0.1, -0.05) is 30.3 Å². The number of hydrogen-bond acceptors (Lipinski definition) is 4. The first-order chi connectivity index (χ1) is 11.2. The molecule has 1 aromatic carbocycles. The zero-order valence-corrected chi connectivity index (χ0v) is 14.1. The third-order valence-corrected chi connectivity index (χ3v) is 5.44. The molecule has 0 bridgehead atoms. The van der Waals surface area contributed by atoms with Crippen molar-refractivity contribution in [3.05, 3.63) is 51.5 Å². The van der Waals surface area contributed by atoms with Crippen molar-refractivity contribution < 1.29 is 4.79 Å². The van der Waals surface area contributed by atoms with E-state index in [4.69, 9.17) is 10.7 Å². The second kappa shape index (κ2) is 7.70. The molecule has 0 spiro atoms. The summed E-state index contributed by atoms with van der Waals surface area (Å²) in [5, 5.41) is 4.50. The Hall–Kier alpha value is -1.72. The maximum absolute atomic E-state index is 11.6. The molecule has 1 aliphatic rings. The standard InChI is InChI=1S/C18H23N3OS/c19-18(22)17(13-7-2-1-3-8-13)20-12-6-11-16-21-14-9-4-5-10-15(14)23-16/h1-3,7-8,17,20H,4-6,9-12H2,(H2,19,22)/t17-/m0/s1. The van der Waals surface area contributed by atoms with E-state index in [9.17, 15) is 4.79 Å². The summed E-state index contributed by atoms with van der Waals surface area (Å²) in [5.74, 6) is -0.332. The van der Waals surface area contributed by atoms with Crippen molar-refractivity contribution in [2.45, 2.75) is 44.6 Å². The number of primary amides is 1. The van der Waals surface area contributed by atoms with E-state index in [2.05, 4.69) is 5.32 Å². The highest BCUT2D eigenvalue weighted by atomic mass is 32.1. The predicted molar refractivity (Wildman–Crippen MR) is 93.5 cm³/mol. The molecule has 2 aromatic rings. The van der Waals surface area contributed by atoms with Crippen LogP contribution in [0.1, 0.15) is 46.4 Å². The number of hydrogen-bond donors (Lipinski definition) is 2. The topological polar surface area (TPSA) is 68.0 Å². The minimum absolute atomic E-state index is 0.332. The largest absolute Gasteiger partial charge is 0.368 e. The Morgan fingerprint density at radius 3 is 2.78 bits per heavy atom. The minimum Gasteiger partial charge on any atom is -0.368 e. The number of thiazole rings is 1. The minimum atomic E-state index is -0.416. The van der Waals surface area contributed by atoms with Crippen LogP contribution < -0.4 is 11.1 Å². The SMILES string of the molecule is NC(=O)[C@@H](NCCCc1nc2c(s1)CCCC2)c1ccccc1. The Kier molecular flexibility index (Phi) is 5.41. The number of aryl methyl sites for hydroxylation is 3. The molecule has 23 heavy (non-hydrogen) atoms. The summed E-state index contributed by atoms with van der Waals surface area (Å²) >= 11 is 1.87. The maximum atomic E-state index is 11.6. The van der Waals surface area contributed by atoms with Gasteiger partial charge in [0.15, 0.2) is 0 Å². The van der Waals surface area contributed by atoms with E-state index in [1.54, 1.807) is 0 Å². The monoisotopic (exact) mass is 329 g/mol. The average molecular weight is 329 g/mol. The Morgan fingerprint density at radius 1 is 1.26 bits per heavy atom. The van der Waals surface area contributed by atoms with Crippen LogP contribution in [0.2, 0.25) is 0 Å². The second-order valence-electron chi connectivity index (χ2n) is 5.99. The van der Waals surface area contributed by atoms with Gasteiger partial charge in [-0.25, -0.2) is 4.98 Å². The van der Waals surface area contributed by atoms with E-state index in [0.717, 1.165) is 31.4 Å². The molecule has 0 unspecified atom stereocenters. The average Bonchev–Trinajstić information content (AvgIpc) is 2.98. The van der Waals surface area contributed by atoms with Crippen LogP contribution in [0, 0.1) is 0 Å². The van der Waals surface area contributed by atoms with Crippen molar-refractivity contribution in [1.82, 2.24) is 10.3 Å². The summed E-state index contributed by atoms with van der Waals surface area (Å²) < 4.78 is 0. The molecule has 1 amide bonds. The molecule has 5 heteroatoms. The van der Waals surface area contributed by atoms with Crippen LogP contribution >= 0.6 is 11.3 Å². The third kappa shape index (κ3) is 4.18. The zero-order chi connectivity index (χ0) is 16.1. The molecular weight excluding hydrogens is 306 g/mol. The molecule has 4 nitrogen and oxygen atoms in total. The normalized spacial score (nSPS) is 15.1. The summed E-state index contributed by atoms with van der Waals surface area (Å²) in [5.41, 5.74) is 7.76. The first kappa shape index (κ1) is 16.1. The van der Waals surface area contributed by atoms with Gasteiger partial charge < -0.3 is 11.1 Å². The molecule has 0 radical (unpaired) electrons. The van der Waals surface area contributed by atoms with E-state index >= 15 is 0 Å². The lowest BCUT2D eigenvalue weighted by molar-refractivity contribution is -0.120. The highest BCUT2D eigenvalue weighted by molar-refractivity contribution is 7.11. The van der Waals surface area contributed by atoms with Gasteiger partial charge in [0.05, 0.1) is 10.7 Å². The van der Waals surface area contributed by atoms with Crippen LogP contribution in [0.3, 0.4) is 0 Å². The van der Waals surface area contributed by atoms with E-state index < -0.39 is 6.04 Å². The summed E-state index contributed by atoms with van der Waals surface area (Å²) in [6.07, 6.45) is 6.83. The predicted octanol–water partition coefficient (Wildman–Crippen LogP) is 2.77. The van der Waals surface area contributed by atoms with Crippen molar-refractivity contribution >= 4 is 17.2 Å². The van der Waals surface area contributed by atoms with Crippen molar-refractivity contribution in [1.29, 1.82) is 0 Å². The molecule has 122 valence electrons. The molecule has 1 heterocycles. The maximum Gasteiger partial charge on any atom is 0.239 e. The molecule has 1 atom stereocenters. The molecule has 0 fully saturated rings. The van der Waals surface area contributed by atoms with Crippen LogP contribution in [-0.2, 0) is 24.1 Å². The number of rotatable bonds is 7. The van der Waals surface area contributed by atoms with Crippen LogP contribution in [0.4, 0.5) is 0 Å². The number of nitrogens with two attached hydrogens (primary N) is 1. The smallest absolute Gasteiger partial charge is 0.239 e. The van der Waals surface area contributed by atoms with Gasteiger partial charge in [0.2, 0.25) is 5.91 Å². The van der Waals surface area contributed by atoms with E-state index in [1.807, 2.05) is 41.7 Å². The van der Waals surface area contributed by atoms with Crippen molar-refractivity contribution in [2.24, 2.45) is 5.73 Å². The first-order valence-corrected chi connectivity index (χ1v) is 9.11. The van der Waals surface area contributed by atoms with Gasteiger partial charge in [0.25, 0.3) is 0 Å². The molecule has 0 saturated carbocycles. The highest BCUT2D eigenvalue weighted by Crippen LogP contribution is 2.27. The van der Waals surface area contributed by atoms with Gasteiger partial charge in [0.1, 0.15) is 6.04 Å². The molecule has 0 aliphatic heterocycles. The van der Waals surface area contributed by atoms with Gasteiger partial charge in [-0.3, -0.25) is 4.79 Å². The highest BCUT2D eigenvalue weighted by Gasteiger charge is 2.17. The fourth-order valence-corrected chi connectivity index (χ4v) is 4.23. The molecule has 1 aliphatic carbocycles. The first-order valence-electron chi connectivity index (χ1n) is 8.29. The fourth-order valence-electron chi connectivity index (χ4n) is 3.03. The van der Waals surface area contributed by atoms with Crippen LogP contribution in [0.15, 0.2) is 30.3 Å². The van der Waals surface area contributed by atoms with Gasteiger partial charge >= 0.3 is 0 Å². The molecule has 0 saturated heterocycles. The summed E-state index contributed by atoms with van der Waals surface area (Å²) in [6.45, 7) is 0.757. The molecule has 3 N–H and O–H groups in total. The fraction of sp³-hybridized carbons (Fsp3) is 0.444. The van der Waals surface area contributed by atoms with Crippen LogP contribution in [0.25, 0.3) is 0 Å². The number of aromatic nitrogens is 1. The van der Waals surface area contributed by atoms with Crippen LogP contribution in [-0.4, -0.2) is 17.4 Å². The van der Waals surface area contributed by atoms with E-state index in [-0.39, 0.29) is 5.91 Å². The van der Waals surface area contributed by atoms with Gasteiger partial charge in [0, 0.05) is 11.3 Å². The quantitative estimate of drug-likeness (QED) is 0.768. The van der Waals surface area contributed by atoms with Gasteiger partial charge in [-0.2, -0.15) is 0 Å². The summed E-state index contributed by atoms with van der Waals surface area (Å²) in [7, 11) is 0. The lowest BCUT2D eigenvalue weighted by Gasteiger charge is -2.15. The lowest BCUT2D eigenvalue weighted by atomic mass is 10.0. The van der Waals surface area contributed by atoms with E-state index in [1.165, 1.54) is 34.8 Å². The number of nitrogens with one attached hydrogen (secondary N) is 1. The summed E-state index contributed by atoms with van der Waals surface area (Å²) in [4.78, 5) is 17.9. The number of nitrogens with zero attached hydrogens (tertiary/aromatic N) is 1. The number of amides is 1. The molecule has 1 aromatic heterocycles. The summed E-state index contributed by atoms with van der Waals surface area (Å²) in [6, 6.07) is 9.22. The number of carbonyl (C=O) groups is 1. The Bertz CT molecular complexity index is 630. The number of fused-ring (bicyclic) bond motifs is 1.